The number of benzene rings is 1. The number of nitrogens with two attached hydrogens (primary N) is 1. The summed E-state index contributed by atoms with van der Waals surface area (Å²) in [5, 5.41) is 12.3. The highest BCUT2D eigenvalue weighted by Gasteiger charge is 2.40. The van der Waals surface area contributed by atoms with Crippen molar-refractivity contribution in [2.45, 2.75) is 25.3 Å². The molecule has 1 aromatic carbocycles. The smallest absolute Gasteiger partial charge is 0.250 e. The molecular weight excluding hydrogens is 264 g/mol. The van der Waals surface area contributed by atoms with E-state index < -0.39 is 0 Å². The summed E-state index contributed by atoms with van der Waals surface area (Å²) in [6.07, 6.45) is 3.68. The molecular formula is C15H20N6. The molecule has 2 fully saturated rings. The zero-order valence-electron chi connectivity index (χ0n) is 12.0. The number of fused-ring (bicyclic) bond motifs is 1. The first-order valence-corrected chi connectivity index (χ1v) is 7.67. The van der Waals surface area contributed by atoms with Crippen LogP contribution in [0.5, 0.6) is 0 Å². The molecule has 0 bridgehead atoms. The molecule has 1 saturated carbocycles. The minimum Gasteiger partial charge on any atom is -0.339 e. The standard InChI is InChI=1S/C15H20N6/c16-14-8-4-5-11-9-20(10-13(11)14)15-17-18-19-21(15)12-6-2-1-3-7-12/h1-3,6-7,11,13-14H,4-5,8-10,16H2. The van der Waals surface area contributed by atoms with Crippen LogP contribution in [0.1, 0.15) is 19.3 Å². The lowest BCUT2D eigenvalue weighted by Gasteiger charge is -2.29. The maximum absolute atomic E-state index is 6.30. The van der Waals surface area contributed by atoms with Gasteiger partial charge in [-0.3, -0.25) is 0 Å². The number of nitrogens with zero attached hydrogens (tertiary/aromatic N) is 5. The molecule has 4 rings (SSSR count). The molecule has 1 aliphatic heterocycles. The van der Waals surface area contributed by atoms with Crippen LogP contribution >= 0.6 is 0 Å². The second kappa shape index (κ2) is 5.11. The van der Waals surface area contributed by atoms with Crippen LogP contribution in [-0.4, -0.2) is 39.3 Å². The summed E-state index contributed by atoms with van der Waals surface area (Å²) in [4.78, 5) is 2.30. The van der Waals surface area contributed by atoms with Crippen LogP contribution < -0.4 is 10.6 Å². The van der Waals surface area contributed by atoms with Crippen molar-refractivity contribution in [1.82, 2.24) is 20.2 Å². The molecule has 3 unspecified atom stereocenters. The SMILES string of the molecule is NC1CCCC2CN(c3nnnn3-c3ccccc3)CC12. The van der Waals surface area contributed by atoms with Crippen LogP contribution in [0, 0.1) is 11.8 Å². The molecule has 2 N–H and O–H groups in total. The quantitative estimate of drug-likeness (QED) is 0.898. The van der Waals surface area contributed by atoms with Crippen molar-refractivity contribution >= 4 is 5.95 Å². The van der Waals surface area contributed by atoms with Crippen LogP contribution in [0.25, 0.3) is 5.69 Å². The summed E-state index contributed by atoms with van der Waals surface area (Å²) >= 11 is 0. The van der Waals surface area contributed by atoms with Crippen molar-refractivity contribution in [3.8, 4) is 5.69 Å². The number of hydrogen-bond donors (Lipinski definition) is 1. The Morgan fingerprint density at radius 3 is 2.76 bits per heavy atom. The van der Waals surface area contributed by atoms with Crippen molar-refractivity contribution in [3.05, 3.63) is 30.3 Å². The fourth-order valence-corrected chi connectivity index (χ4v) is 3.80. The Kier molecular flexibility index (Phi) is 3.11. The Bertz CT molecular complexity index is 610. The zero-order valence-corrected chi connectivity index (χ0v) is 12.0. The topological polar surface area (TPSA) is 72.9 Å². The molecule has 1 saturated heterocycles. The summed E-state index contributed by atoms with van der Waals surface area (Å²) in [7, 11) is 0. The Morgan fingerprint density at radius 1 is 1.10 bits per heavy atom. The van der Waals surface area contributed by atoms with Crippen LogP contribution in [0.3, 0.4) is 0 Å². The summed E-state index contributed by atoms with van der Waals surface area (Å²) < 4.78 is 1.82. The first kappa shape index (κ1) is 12.8. The summed E-state index contributed by atoms with van der Waals surface area (Å²) in [5.74, 6) is 2.11. The molecule has 2 aromatic rings. The largest absolute Gasteiger partial charge is 0.339 e. The van der Waals surface area contributed by atoms with Crippen LogP contribution in [0.4, 0.5) is 5.95 Å². The molecule has 21 heavy (non-hydrogen) atoms. The highest BCUT2D eigenvalue weighted by molar-refractivity contribution is 5.41. The predicted molar refractivity (Wildman–Crippen MR) is 80.2 cm³/mol. The van der Waals surface area contributed by atoms with Gasteiger partial charge in [0.15, 0.2) is 0 Å². The van der Waals surface area contributed by atoms with Crippen molar-refractivity contribution in [3.63, 3.8) is 0 Å². The summed E-state index contributed by atoms with van der Waals surface area (Å²) in [6, 6.07) is 10.4. The lowest BCUT2D eigenvalue weighted by Crippen LogP contribution is -2.38. The van der Waals surface area contributed by atoms with E-state index in [2.05, 4.69) is 20.4 Å². The third kappa shape index (κ3) is 2.19. The first-order chi connectivity index (χ1) is 10.3. The number of aromatic nitrogens is 4. The van der Waals surface area contributed by atoms with Crippen molar-refractivity contribution in [2.75, 3.05) is 18.0 Å². The Morgan fingerprint density at radius 2 is 1.95 bits per heavy atom. The average molecular weight is 284 g/mol. The second-order valence-corrected chi connectivity index (χ2v) is 6.15. The van der Waals surface area contributed by atoms with Gasteiger partial charge in [-0.1, -0.05) is 29.7 Å². The number of anilines is 1. The Balaban J connectivity index is 1.62. The highest BCUT2D eigenvalue weighted by Crippen LogP contribution is 2.37. The summed E-state index contributed by atoms with van der Waals surface area (Å²) in [5.41, 5.74) is 7.30. The van der Waals surface area contributed by atoms with Crippen molar-refractivity contribution in [1.29, 1.82) is 0 Å². The van der Waals surface area contributed by atoms with Crippen LogP contribution in [0.2, 0.25) is 0 Å². The van der Waals surface area contributed by atoms with Gasteiger partial charge >= 0.3 is 0 Å². The molecule has 1 aromatic heterocycles. The van der Waals surface area contributed by atoms with Gasteiger partial charge in [0, 0.05) is 19.1 Å². The fraction of sp³-hybridized carbons (Fsp3) is 0.533. The zero-order chi connectivity index (χ0) is 14.2. The molecule has 0 radical (unpaired) electrons. The van der Waals surface area contributed by atoms with Crippen LogP contribution in [0.15, 0.2) is 30.3 Å². The van der Waals surface area contributed by atoms with Gasteiger partial charge in [-0.25, -0.2) is 0 Å². The van der Waals surface area contributed by atoms with Crippen LogP contribution in [-0.2, 0) is 0 Å². The molecule has 6 nitrogen and oxygen atoms in total. The normalized spacial score (nSPS) is 28.6. The molecule has 0 amide bonds. The molecule has 110 valence electrons. The van der Waals surface area contributed by atoms with E-state index in [0.717, 1.165) is 31.1 Å². The minimum atomic E-state index is 0.329. The maximum atomic E-state index is 6.30. The van der Waals surface area contributed by atoms with E-state index in [4.69, 9.17) is 5.73 Å². The van der Waals surface area contributed by atoms with E-state index in [1.807, 2.05) is 35.0 Å². The van der Waals surface area contributed by atoms with Gasteiger partial charge in [-0.15, -0.1) is 0 Å². The second-order valence-electron chi connectivity index (χ2n) is 6.15. The number of hydrogen-bond acceptors (Lipinski definition) is 5. The minimum absolute atomic E-state index is 0.329. The average Bonchev–Trinajstić information content (AvgIpc) is 3.15. The van der Waals surface area contributed by atoms with E-state index in [0.29, 0.717) is 17.9 Å². The van der Waals surface area contributed by atoms with Crippen molar-refractivity contribution in [2.24, 2.45) is 17.6 Å². The molecule has 0 spiro atoms. The Hall–Kier alpha value is -1.95. The van der Waals surface area contributed by atoms with E-state index in [9.17, 15) is 0 Å². The fourth-order valence-electron chi connectivity index (χ4n) is 3.80. The van der Waals surface area contributed by atoms with Gasteiger partial charge < -0.3 is 10.6 Å². The maximum Gasteiger partial charge on any atom is 0.250 e. The summed E-state index contributed by atoms with van der Waals surface area (Å²) in [6.45, 7) is 1.99. The predicted octanol–water partition coefficient (Wildman–Crippen LogP) is 1.23. The third-order valence-corrected chi connectivity index (χ3v) is 4.89. The van der Waals surface area contributed by atoms with Gasteiger partial charge in [-0.2, -0.15) is 4.68 Å². The van der Waals surface area contributed by atoms with Gasteiger partial charge in [-0.05, 0) is 47.2 Å². The lowest BCUT2D eigenvalue weighted by atomic mass is 9.78. The Labute approximate surface area is 123 Å². The van der Waals surface area contributed by atoms with Gasteiger partial charge in [0.1, 0.15) is 0 Å². The molecule has 6 heteroatoms. The lowest BCUT2D eigenvalue weighted by molar-refractivity contribution is 0.260. The molecule has 2 aliphatic rings. The van der Waals surface area contributed by atoms with Gasteiger partial charge in [0.25, 0.3) is 0 Å². The molecule has 3 atom stereocenters. The van der Waals surface area contributed by atoms with E-state index in [1.54, 1.807) is 0 Å². The molecule has 1 aliphatic carbocycles. The van der Waals surface area contributed by atoms with E-state index in [-0.39, 0.29) is 0 Å². The van der Waals surface area contributed by atoms with E-state index >= 15 is 0 Å². The third-order valence-electron chi connectivity index (χ3n) is 4.89. The molecule has 2 heterocycles. The number of rotatable bonds is 2. The van der Waals surface area contributed by atoms with Gasteiger partial charge in [0.2, 0.25) is 5.95 Å². The number of tetrazole rings is 1. The highest BCUT2D eigenvalue weighted by atomic mass is 15.6. The van der Waals surface area contributed by atoms with Gasteiger partial charge in [0.05, 0.1) is 5.69 Å². The van der Waals surface area contributed by atoms with E-state index in [1.165, 1.54) is 12.8 Å². The monoisotopic (exact) mass is 284 g/mol. The number of para-hydroxylation sites is 1. The van der Waals surface area contributed by atoms with Crippen molar-refractivity contribution < 1.29 is 0 Å². The first-order valence-electron chi connectivity index (χ1n) is 7.67.